The van der Waals surface area contributed by atoms with Crippen molar-refractivity contribution >= 4 is 11.9 Å². The first-order valence-corrected chi connectivity index (χ1v) is 5.59. The molecule has 0 bridgehead atoms. The molecule has 0 aromatic heterocycles. The van der Waals surface area contributed by atoms with Gasteiger partial charge >= 0.3 is 6.03 Å². The number of hydrogen-bond acceptors (Lipinski definition) is 3. The van der Waals surface area contributed by atoms with Gasteiger partial charge in [-0.05, 0) is 13.8 Å². The zero-order valence-corrected chi connectivity index (χ0v) is 10.1. The van der Waals surface area contributed by atoms with E-state index in [2.05, 4.69) is 0 Å². The van der Waals surface area contributed by atoms with Gasteiger partial charge in [-0.3, -0.25) is 9.69 Å². The molecule has 1 aliphatic rings. The minimum atomic E-state index is -0.235. The number of urea groups is 1. The Labute approximate surface area is 96.3 Å². The van der Waals surface area contributed by atoms with Gasteiger partial charge < -0.3 is 9.80 Å². The van der Waals surface area contributed by atoms with Crippen LogP contribution < -0.4 is 0 Å². The molecule has 0 aromatic rings. The molecule has 1 rings (SSSR count). The van der Waals surface area contributed by atoms with Crippen LogP contribution in [0.1, 0.15) is 13.8 Å². The molecule has 0 N–H and O–H groups in total. The second kappa shape index (κ2) is 5.53. The highest BCUT2D eigenvalue weighted by atomic mass is 16.2. The first-order valence-electron chi connectivity index (χ1n) is 5.59. The van der Waals surface area contributed by atoms with Gasteiger partial charge in [-0.2, -0.15) is 0 Å². The molecule has 1 saturated heterocycles. The van der Waals surface area contributed by atoms with Crippen LogP contribution in [0.2, 0.25) is 0 Å². The van der Waals surface area contributed by atoms with E-state index in [0.29, 0.717) is 13.1 Å². The molecule has 0 spiro atoms. The van der Waals surface area contributed by atoms with Crippen LogP contribution in [0, 0.1) is 0 Å². The lowest BCUT2D eigenvalue weighted by atomic mass is 10.4. The lowest BCUT2D eigenvalue weighted by Gasteiger charge is -2.16. The number of carbonyl (C=O) groups excluding carboxylic acids is 2. The Kier molecular flexibility index (Phi) is 4.34. The lowest BCUT2D eigenvalue weighted by molar-refractivity contribution is -0.122. The maximum Gasteiger partial charge on any atom is 0.326 e. The smallest absolute Gasteiger partial charge is 0.326 e. The van der Waals surface area contributed by atoms with Crippen molar-refractivity contribution in [1.29, 1.82) is 0 Å². The summed E-state index contributed by atoms with van der Waals surface area (Å²) in [4.78, 5) is 28.0. The molecule has 0 aliphatic carbocycles. The molecule has 0 unspecified atom stereocenters. The van der Waals surface area contributed by atoms with Gasteiger partial charge in [0, 0.05) is 45.5 Å². The fourth-order valence-corrected chi connectivity index (χ4v) is 1.55. The Morgan fingerprint density at radius 2 is 2.00 bits per heavy atom. The summed E-state index contributed by atoms with van der Waals surface area (Å²) in [6.45, 7) is 6.85. The number of likely N-dealkylation sites (N-methyl/N-ethyl adjacent to an activating group) is 1. The van der Waals surface area contributed by atoms with Crippen LogP contribution in [0.5, 0.6) is 0 Å². The highest BCUT2D eigenvalue weighted by Crippen LogP contribution is 2.06. The van der Waals surface area contributed by atoms with Crippen LogP contribution in [-0.4, -0.2) is 59.9 Å². The normalized spacial score (nSPS) is 16.3. The molecule has 0 aromatic carbocycles. The highest BCUT2D eigenvalue weighted by molar-refractivity contribution is 6.01. The van der Waals surface area contributed by atoms with E-state index in [9.17, 15) is 9.59 Å². The van der Waals surface area contributed by atoms with E-state index in [4.69, 9.17) is 0 Å². The maximum absolute atomic E-state index is 11.7. The standard InChI is InChI=1S/C11H19N3O2/c1-4-13(5-2)7-6-10(15)14-9-8-12(3)11(14)16/h6-7H,4-5,8-9H2,1-3H3/b7-6+. The fourth-order valence-electron chi connectivity index (χ4n) is 1.55. The van der Waals surface area contributed by atoms with E-state index in [0.717, 1.165) is 13.1 Å². The molecule has 1 aliphatic heterocycles. The van der Waals surface area contributed by atoms with Crippen LogP contribution in [0.3, 0.4) is 0 Å². The first kappa shape index (κ1) is 12.5. The molecule has 5 heteroatoms. The van der Waals surface area contributed by atoms with Crippen molar-refractivity contribution in [2.75, 3.05) is 33.2 Å². The summed E-state index contributed by atoms with van der Waals surface area (Å²) in [6, 6.07) is -0.214. The zero-order chi connectivity index (χ0) is 12.1. The molecule has 0 radical (unpaired) electrons. The Balaban J connectivity index is 2.56. The summed E-state index contributed by atoms with van der Waals surface area (Å²) in [5, 5.41) is 0. The average molecular weight is 225 g/mol. The van der Waals surface area contributed by atoms with E-state index in [1.54, 1.807) is 18.1 Å². The Morgan fingerprint density at radius 3 is 2.44 bits per heavy atom. The van der Waals surface area contributed by atoms with E-state index in [1.165, 1.54) is 11.0 Å². The summed E-state index contributed by atoms with van der Waals surface area (Å²) >= 11 is 0. The van der Waals surface area contributed by atoms with Crippen molar-refractivity contribution in [2.24, 2.45) is 0 Å². The third-order valence-electron chi connectivity index (χ3n) is 2.72. The van der Waals surface area contributed by atoms with Gasteiger partial charge in [-0.25, -0.2) is 4.79 Å². The second-order valence-electron chi connectivity index (χ2n) is 3.73. The molecule has 3 amide bonds. The molecular formula is C11H19N3O2. The summed E-state index contributed by atoms with van der Waals surface area (Å²) in [5.74, 6) is -0.235. The zero-order valence-electron chi connectivity index (χ0n) is 10.1. The average Bonchev–Trinajstić information content (AvgIpc) is 2.61. The summed E-state index contributed by atoms with van der Waals surface area (Å²) in [6.07, 6.45) is 3.21. The van der Waals surface area contributed by atoms with Crippen molar-refractivity contribution in [2.45, 2.75) is 13.8 Å². The van der Waals surface area contributed by atoms with E-state index >= 15 is 0 Å². The Hall–Kier alpha value is -1.52. The molecular weight excluding hydrogens is 206 g/mol. The Bertz CT molecular complexity index is 298. The van der Waals surface area contributed by atoms with Crippen molar-refractivity contribution in [3.63, 3.8) is 0 Å². The number of imide groups is 1. The third kappa shape index (κ3) is 2.74. The van der Waals surface area contributed by atoms with Crippen molar-refractivity contribution in [1.82, 2.24) is 14.7 Å². The number of amides is 3. The summed E-state index contributed by atoms with van der Waals surface area (Å²) in [5.41, 5.74) is 0. The summed E-state index contributed by atoms with van der Waals surface area (Å²) in [7, 11) is 1.70. The van der Waals surface area contributed by atoms with Gasteiger partial charge in [0.2, 0.25) is 0 Å². The molecule has 1 fully saturated rings. The number of rotatable bonds is 4. The number of nitrogens with zero attached hydrogens (tertiary/aromatic N) is 3. The van der Waals surface area contributed by atoms with Crippen LogP contribution in [-0.2, 0) is 4.79 Å². The largest absolute Gasteiger partial charge is 0.378 e. The molecule has 90 valence electrons. The van der Waals surface area contributed by atoms with Gasteiger partial charge in [0.25, 0.3) is 5.91 Å². The van der Waals surface area contributed by atoms with Gasteiger partial charge in [-0.15, -0.1) is 0 Å². The molecule has 1 heterocycles. The predicted octanol–water partition coefficient (Wildman–Crippen LogP) is 0.736. The second-order valence-corrected chi connectivity index (χ2v) is 3.73. The van der Waals surface area contributed by atoms with Crippen LogP contribution in [0.4, 0.5) is 4.79 Å². The van der Waals surface area contributed by atoms with Gasteiger partial charge in [0.1, 0.15) is 0 Å². The maximum atomic E-state index is 11.7. The molecule has 5 nitrogen and oxygen atoms in total. The topological polar surface area (TPSA) is 43.9 Å². The van der Waals surface area contributed by atoms with E-state index < -0.39 is 0 Å². The summed E-state index contributed by atoms with van der Waals surface area (Å²) < 4.78 is 0. The van der Waals surface area contributed by atoms with E-state index in [-0.39, 0.29) is 11.9 Å². The quantitative estimate of drug-likeness (QED) is 0.663. The SMILES string of the molecule is CCN(/C=C/C(=O)N1CCN(C)C1=O)CC. The van der Waals surface area contributed by atoms with Crippen LogP contribution >= 0.6 is 0 Å². The van der Waals surface area contributed by atoms with Crippen molar-refractivity contribution < 1.29 is 9.59 Å². The van der Waals surface area contributed by atoms with Crippen LogP contribution in [0.25, 0.3) is 0 Å². The monoisotopic (exact) mass is 225 g/mol. The number of carbonyl (C=O) groups is 2. The molecule has 0 atom stereocenters. The predicted molar refractivity (Wildman–Crippen MR) is 61.8 cm³/mol. The molecule has 16 heavy (non-hydrogen) atoms. The fraction of sp³-hybridized carbons (Fsp3) is 0.636. The minimum Gasteiger partial charge on any atom is -0.378 e. The minimum absolute atomic E-state index is 0.214. The van der Waals surface area contributed by atoms with Crippen molar-refractivity contribution in [3.8, 4) is 0 Å². The van der Waals surface area contributed by atoms with E-state index in [1.807, 2.05) is 18.7 Å². The molecule has 0 saturated carbocycles. The van der Waals surface area contributed by atoms with Gasteiger partial charge in [0.15, 0.2) is 0 Å². The lowest BCUT2D eigenvalue weighted by Crippen LogP contribution is -2.34. The van der Waals surface area contributed by atoms with Gasteiger partial charge in [0.05, 0.1) is 0 Å². The Morgan fingerprint density at radius 1 is 1.38 bits per heavy atom. The highest BCUT2D eigenvalue weighted by Gasteiger charge is 2.29. The first-order chi connectivity index (χ1) is 7.60. The van der Waals surface area contributed by atoms with Crippen LogP contribution in [0.15, 0.2) is 12.3 Å². The number of hydrogen-bond donors (Lipinski definition) is 0. The van der Waals surface area contributed by atoms with Crippen molar-refractivity contribution in [3.05, 3.63) is 12.3 Å². The van der Waals surface area contributed by atoms with Gasteiger partial charge in [-0.1, -0.05) is 0 Å². The third-order valence-corrected chi connectivity index (χ3v) is 2.72.